The predicted octanol–water partition coefficient (Wildman–Crippen LogP) is 2.02. The average molecular weight is 248 g/mol. The van der Waals surface area contributed by atoms with Crippen LogP contribution in [0, 0.1) is 5.92 Å². The molecule has 1 fully saturated rings. The molecule has 1 saturated heterocycles. The number of hydrogen-bond acceptors (Lipinski definition) is 3. The zero-order valence-corrected chi connectivity index (χ0v) is 10.6. The maximum absolute atomic E-state index is 11.1. The maximum atomic E-state index is 11.1. The Morgan fingerprint density at radius 1 is 1.47 bits per heavy atom. The molecule has 1 aromatic carbocycles. The number of benzene rings is 1. The zero-order chi connectivity index (χ0) is 12.3. The Hall–Kier alpha value is -1.26. The largest absolute Gasteiger partial charge is 0.291 e. The van der Waals surface area contributed by atoms with E-state index in [4.69, 9.17) is 0 Å². The lowest BCUT2D eigenvalue weighted by molar-refractivity contribution is -0.125. The summed E-state index contributed by atoms with van der Waals surface area (Å²) in [7, 11) is 0. The SMILES string of the molecule is CC1CC(=O)NNC1/C=C/c1cccc(S)c1. The van der Waals surface area contributed by atoms with Gasteiger partial charge in [0, 0.05) is 17.4 Å². The van der Waals surface area contributed by atoms with Crippen LogP contribution in [0.25, 0.3) is 6.08 Å². The summed E-state index contributed by atoms with van der Waals surface area (Å²) in [5, 5.41) is 0. The van der Waals surface area contributed by atoms with E-state index >= 15 is 0 Å². The van der Waals surface area contributed by atoms with Crippen molar-refractivity contribution in [1.82, 2.24) is 10.9 Å². The molecule has 0 aromatic heterocycles. The smallest absolute Gasteiger partial charge is 0.234 e. The molecule has 0 bridgehead atoms. The number of hydrazine groups is 1. The van der Waals surface area contributed by atoms with Crippen molar-refractivity contribution in [2.24, 2.45) is 5.92 Å². The summed E-state index contributed by atoms with van der Waals surface area (Å²) in [4.78, 5) is 12.1. The second-order valence-corrected chi connectivity index (χ2v) is 4.87. The quantitative estimate of drug-likeness (QED) is 0.701. The van der Waals surface area contributed by atoms with Crippen LogP contribution in [-0.2, 0) is 4.79 Å². The number of hydrogen-bond donors (Lipinski definition) is 3. The third-order valence-electron chi connectivity index (χ3n) is 2.86. The van der Waals surface area contributed by atoms with E-state index in [9.17, 15) is 4.79 Å². The molecule has 4 heteroatoms. The molecule has 17 heavy (non-hydrogen) atoms. The first-order valence-electron chi connectivity index (χ1n) is 5.67. The number of nitrogens with one attached hydrogen (secondary N) is 2. The minimum absolute atomic E-state index is 0.0551. The Morgan fingerprint density at radius 2 is 2.29 bits per heavy atom. The van der Waals surface area contributed by atoms with Gasteiger partial charge in [0.1, 0.15) is 0 Å². The van der Waals surface area contributed by atoms with E-state index in [1.54, 1.807) is 0 Å². The van der Waals surface area contributed by atoms with Crippen LogP contribution in [-0.4, -0.2) is 11.9 Å². The number of thiol groups is 1. The molecule has 0 saturated carbocycles. The molecule has 1 aliphatic heterocycles. The van der Waals surface area contributed by atoms with E-state index in [0.717, 1.165) is 10.5 Å². The summed E-state index contributed by atoms with van der Waals surface area (Å²) in [6.45, 7) is 2.07. The fourth-order valence-corrected chi connectivity index (χ4v) is 2.09. The summed E-state index contributed by atoms with van der Waals surface area (Å²) in [5.41, 5.74) is 6.77. The van der Waals surface area contributed by atoms with Crippen LogP contribution < -0.4 is 10.9 Å². The van der Waals surface area contributed by atoms with Gasteiger partial charge in [0.05, 0.1) is 0 Å². The van der Waals surface area contributed by atoms with Gasteiger partial charge >= 0.3 is 0 Å². The van der Waals surface area contributed by atoms with Crippen LogP contribution in [0.15, 0.2) is 35.2 Å². The van der Waals surface area contributed by atoms with E-state index in [0.29, 0.717) is 12.3 Å². The van der Waals surface area contributed by atoms with Gasteiger partial charge in [0.2, 0.25) is 5.91 Å². The normalized spacial score (nSPS) is 24.9. The lowest BCUT2D eigenvalue weighted by atomic mass is 9.96. The number of carbonyl (C=O) groups is 1. The summed E-state index contributed by atoms with van der Waals surface area (Å²) < 4.78 is 0. The van der Waals surface area contributed by atoms with Gasteiger partial charge in [-0.05, 0) is 23.6 Å². The third kappa shape index (κ3) is 3.35. The van der Waals surface area contributed by atoms with Gasteiger partial charge in [-0.25, -0.2) is 5.43 Å². The van der Waals surface area contributed by atoms with E-state index in [1.807, 2.05) is 30.3 Å². The molecule has 1 aromatic rings. The van der Waals surface area contributed by atoms with Crippen molar-refractivity contribution in [3.8, 4) is 0 Å². The summed E-state index contributed by atoms with van der Waals surface area (Å²) in [6, 6.07) is 8.13. The van der Waals surface area contributed by atoms with Crippen molar-refractivity contribution in [3.63, 3.8) is 0 Å². The molecule has 3 nitrogen and oxygen atoms in total. The molecule has 90 valence electrons. The molecule has 1 heterocycles. The Balaban J connectivity index is 2.03. The van der Waals surface area contributed by atoms with Crippen molar-refractivity contribution in [1.29, 1.82) is 0 Å². The molecule has 1 amide bonds. The molecule has 2 rings (SSSR count). The topological polar surface area (TPSA) is 41.1 Å². The lowest BCUT2D eigenvalue weighted by Gasteiger charge is -2.27. The monoisotopic (exact) mass is 248 g/mol. The average Bonchev–Trinajstić information content (AvgIpc) is 2.28. The van der Waals surface area contributed by atoms with Crippen molar-refractivity contribution in [3.05, 3.63) is 35.9 Å². The zero-order valence-electron chi connectivity index (χ0n) is 9.68. The molecular formula is C13H16N2OS. The second kappa shape index (κ2) is 5.38. The Bertz CT molecular complexity index is 445. The highest BCUT2D eigenvalue weighted by atomic mass is 32.1. The molecule has 0 aliphatic carbocycles. The first-order chi connectivity index (χ1) is 8.15. The van der Waals surface area contributed by atoms with Gasteiger partial charge < -0.3 is 0 Å². The number of amides is 1. The maximum Gasteiger partial charge on any atom is 0.234 e. The van der Waals surface area contributed by atoms with Crippen molar-refractivity contribution >= 4 is 24.6 Å². The van der Waals surface area contributed by atoms with Crippen molar-refractivity contribution in [2.75, 3.05) is 0 Å². The fraction of sp³-hybridized carbons (Fsp3) is 0.308. The lowest BCUT2D eigenvalue weighted by Crippen LogP contribution is -2.52. The molecule has 2 atom stereocenters. The van der Waals surface area contributed by atoms with Crippen LogP contribution in [0.3, 0.4) is 0 Å². The van der Waals surface area contributed by atoms with Gasteiger partial charge in [-0.1, -0.05) is 31.2 Å². The Kier molecular flexibility index (Phi) is 3.86. The third-order valence-corrected chi connectivity index (χ3v) is 3.14. The van der Waals surface area contributed by atoms with Crippen molar-refractivity contribution < 1.29 is 4.79 Å². The van der Waals surface area contributed by atoms with Gasteiger partial charge in [0.15, 0.2) is 0 Å². The Morgan fingerprint density at radius 3 is 3.00 bits per heavy atom. The highest BCUT2D eigenvalue weighted by molar-refractivity contribution is 7.80. The highest BCUT2D eigenvalue weighted by Crippen LogP contribution is 2.15. The van der Waals surface area contributed by atoms with Crippen LogP contribution >= 0.6 is 12.6 Å². The van der Waals surface area contributed by atoms with Gasteiger partial charge in [0.25, 0.3) is 0 Å². The van der Waals surface area contributed by atoms with Crippen LogP contribution in [0.1, 0.15) is 18.9 Å². The summed E-state index contributed by atoms with van der Waals surface area (Å²) >= 11 is 4.30. The Labute approximate surface area is 107 Å². The highest BCUT2D eigenvalue weighted by Gasteiger charge is 2.22. The van der Waals surface area contributed by atoms with Crippen LogP contribution in [0.2, 0.25) is 0 Å². The van der Waals surface area contributed by atoms with E-state index < -0.39 is 0 Å². The van der Waals surface area contributed by atoms with Gasteiger partial charge in [-0.15, -0.1) is 12.6 Å². The summed E-state index contributed by atoms with van der Waals surface area (Å²) in [5.74, 6) is 0.360. The minimum Gasteiger partial charge on any atom is -0.291 e. The number of carbonyl (C=O) groups excluding carboxylic acids is 1. The van der Waals surface area contributed by atoms with Crippen molar-refractivity contribution in [2.45, 2.75) is 24.3 Å². The van der Waals surface area contributed by atoms with Gasteiger partial charge in [-0.3, -0.25) is 10.2 Å². The van der Waals surface area contributed by atoms with E-state index in [1.165, 1.54) is 0 Å². The molecule has 0 radical (unpaired) electrons. The van der Waals surface area contributed by atoms with E-state index in [2.05, 4.69) is 36.5 Å². The second-order valence-electron chi connectivity index (χ2n) is 4.35. The molecule has 2 unspecified atom stereocenters. The van der Waals surface area contributed by atoms with Gasteiger partial charge in [-0.2, -0.15) is 0 Å². The predicted molar refractivity (Wildman–Crippen MR) is 71.6 cm³/mol. The minimum atomic E-state index is 0.0551. The molecular weight excluding hydrogens is 232 g/mol. The fourth-order valence-electron chi connectivity index (χ4n) is 1.86. The number of rotatable bonds is 2. The molecule has 2 N–H and O–H groups in total. The van der Waals surface area contributed by atoms with Crippen LogP contribution in [0.5, 0.6) is 0 Å². The standard InChI is InChI=1S/C13H16N2OS/c1-9-7-13(16)15-14-12(9)6-5-10-3-2-4-11(17)8-10/h2-6,8-9,12,14,17H,7H2,1H3,(H,15,16)/b6-5+. The molecule has 1 aliphatic rings. The van der Waals surface area contributed by atoms with Crippen LogP contribution in [0.4, 0.5) is 0 Å². The van der Waals surface area contributed by atoms with E-state index in [-0.39, 0.29) is 11.9 Å². The summed E-state index contributed by atoms with van der Waals surface area (Å²) in [6.07, 6.45) is 4.69. The first-order valence-corrected chi connectivity index (χ1v) is 6.11. The first kappa shape index (κ1) is 12.2. The molecule has 0 spiro atoms.